The van der Waals surface area contributed by atoms with Gasteiger partial charge in [0.15, 0.2) is 6.61 Å². The van der Waals surface area contributed by atoms with E-state index in [2.05, 4.69) is 10.6 Å². The molecule has 2 rings (SSSR count). The number of nitrogens with one attached hydrogen (secondary N) is 2. The SMILES string of the molecule is COCCC(=O)Nc1cc2c(cc1N)OCC(=O)N2. The standard InChI is InChI=1S/C12H15N3O4/c1-18-3-2-11(16)14-8-5-9-10(4-7(8)13)19-6-12(17)15-9/h4-5H,2-3,6,13H2,1H3,(H,14,16)(H,15,17). The molecule has 0 saturated carbocycles. The summed E-state index contributed by atoms with van der Waals surface area (Å²) in [5.41, 5.74) is 7.12. The summed E-state index contributed by atoms with van der Waals surface area (Å²) in [7, 11) is 1.52. The second-order valence-electron chi connectivity index (χ2n) is 4.06. The molecule has 1 aromatic carbocycles. The van der Waals surface area contributed by atoms with Crippen LogP contribution in [0.25, 0.3) is 0 Å². The fourth-order valence-electron chi connectivity index (χ4n) is 1.66. The Morgan fingerprint density at radius 2 is 2.37 bits per heavy atom. The van der Waals surface area contributed by atoms with E-state index in [0.717, 1.165) is 0 Å². The molecule has 0 aliphatic carbocycles. The molecule has 1 aromatic rings. The molecule has 102 valence electrons. The maximum Gasteiger partial charge on any atom is 0.262 e. The first kappa shape index (κ1) is 13.2. The van der Waals surface area contributed by atoms with Gasteiger partial charge in [-0.2, -0.15) is 0 Å². The van der Waals surface area contributed by atoms with Crippen LogP contribution in [-0.4, -0.2) is 32.1 Å². The topological polar surface area (TPSA) is 103 Å². The van der Waals surface area contributed by atoms with Crippen molar-refractivity contribution in [3.63, 3.8) is 0 Å². The fraction of sp³-hybridized carbons (Fsp3) is 0.333. The normalized spacial score (nSPS) is 13.2. The van der Waals surface area contributed by atoms with Gasteiger partial charge in [-0.1, -0.05) is 0 Å². The zero-order valence-corrected chi connectivity index (χ0v) is 10.5. The van der Waals surface area contributed by atoms with Crippen LogP contribution < -0.4 is 21.1 Å². The highest BCUT2D eigenvalue weighted by atomic mass is 16.5. The Bertz CT molecular complexity index is 516. The molecule has 7 nitrogen and oxygen atoms in total. The minimum atomic E-state index is -0.242. The molecule has 1 aliphatic heterocycles. The lowest BCUT2D eigenvalue weighted by Gasteiger charge is -2.20. The molecule has 0 radical (unpaired) electrons. The Morgan fingerprint density at radius 3 is 3.11 bits per heavy atom. The first-order chi connectivity index (χ1) is 9.10. The third-order valence-corrected chi connectivity index (χ3v) is 2.59. The molecule has 19 heavy (non-hydrogen) atoms. The molecular weight excluding hydrogens is 250 g/mol. The number of nitrogens with two attached hydrogens (primary N) is 1. The summed E-state index contributed by atoms with van der Waals surface area (Å²) in [6.07, 6.45) is 0.232. The summed E-state index contributed by atoms with van der Waals surface area (Å²) < 4.78 is 10.0. The number of hydrogen-bond acceptors (Lipinski definition) is 5. The number of amides is 2. The maximum atomic E-state index is 11.6. The van der Waals surface area contributed by atoms with Crippen molar-refractivity contribution in [2.75, 3.05) is 36.7 Å². The molecule has 1 heterocycles. The van der Waals surface area contributed by atoms with Gasteiger partial charge in [-0.3, -0.25) is 9.59 Å². The number of carbonyl (C=O) groups is 2. The van der Waals surface area contributed by atoms with Crippen molar-refractivity contribution < 1.29 is 19.1 Å². The molecule has 1 aliphatic rings. The Morgan fingerprint density at radius 1 is 1.58 bits per heavy atom. The average Bonchev–Trinajstić information content (AvgIpc) is 2.38. The first-order valence-electron chi connectivity index (χ1n) is 5.75. The fourth-order valence-corrected chi connectivity index (χ4v) is 1.66. The van der Waals surface area contributed by atoms with Crippen molar-refractivity contribution >= 4 is 28.9 Å². The van der Waals surface area contributed by atoms with Crippen molar-refractivity contribution in [1.29, 1.82) is 0 Å². The predicted molar refractivity (Wildman–Crippen MR) is 70.1 cm³/mol. The lowest BCUT2D eigenvalue weighted by molar-refractivity contribution is -0.118. The van der Waals surface area contributed by atoms with E-state index in [1.807, 2.05) is 0 Å². The molecule has 4 N–H and O–H groups in total. The summed E-state index contributed by atoms with van der Waals surface area (Å²) in [6.45, 7) is 0.294. The summed E-state index contributed by atoms with van der Waals surface area (Å²) in [6, 6.07) is 3.15. The minimum Gasteiger partial charge on any atom is -0.482 e. The van der Waals surface area contributed by atoms with E-state index in [4.69, 9.17) is 15.2 Å². The Hall–Kier alpha value is -2.28. The number of benzene rings is 1. The zero-order valence-electron chi connectivity index (χ0n) is 10.5. The molecule has 0 atom stereocenters. The molecule has 0 fully saturated rings. The van der Waals surface area contributed by atoms with Crippen LogP contribution >= 0.6 is 0 Å². The lowest BCUT2D eigenvalue weighted by atomic mass is 10.2. The highest BCUT2D eigenvalue weighted by Gasteiger charge is 2.18. The van der Waals surface area contributed by atoms with Crippen molar-refractivity contribution in [3.8, 4) is 5.75 Å². The summed E-state index contributed by atoms with van der Waals surface area (Å²) in [5, 5.41) is 5.31. The number of anilines is 3. The second kappa shape index (κ2) is 5.57. The minimum absolute atomic E-state index is 0.0357. The van der Waals surface area contributed by atoms with E-state index < -0.39 is 0 Å². The van der Waals surface area contributed by atoms with Crippen LogP contribution in [0.2, 0.25) is 0 Å². The van der Waals surface area contributed by atoms with Gasteiger partial charge < -0.3 is 25.8 Å². The highest BCUT2D eigenvalue weighted by molar-refractivity contribution is 6.00. The summed E-state index contributed by atoms with van der Waals surface area (Å²) >= 11 is 0. The van der Waals surface area contributed by atoms with Gasteiger partial charge in [0.1, 0.15) is 5.75 Å². The van der Waals surface area contributed by atoms with E-state index in [-0.39, 0.29) is 24.8 Å². The van der Waals surface area contributed by atoms with Crippen LogP contribution in [0.15, 0.2) is 12.1 Å². The largest absolute Gasteiger partial charge is 0.482 e. The van der Waals surface area contributed by atoms with Crippen LogP contribution in [0, 0.1) is 0 Å². The average molecular weight is 265 g/mol. The van der Waals surface area contributed by atoms with Gasteiger partial charge >= 0.3 is 0 Å². The molecule has 0 unspecified atom stereocenters. The van der Waals surface area contributed by atoms with Gasteiger partial charge in [-0.05, 0) is 6.07 Å². The second-order valence-corrected chi connectivity index (χ2v) is 4.06. The van der Waals surface area contributed by atoms with Gasteiger partial charge in [0.2, 0.25) is 5.91 Å². The van der Waals surface area contributed by atoms with Gasteiger partial charge in [0, 0.05) is 13.2 Å². The lowest BCUT2D eigenvalue weighted by Crippen LogP contribution is -2.25. The van der Waals surface area contributed by atoms with Crippen molar-refractivity contribution in [3.05, 3.63) is 12.1 Å². The van der Waals surface area contributed by atoms with Crippen LogP contribution in [0.4, 0.5) is 17.1 Å². The number of nitrogen functional groups attached to an aromatic ring is 1. The quantitative estimate of drug-likeness (QED) is 0.691. The van der Waals surface area contributed by atoms with E-state index in [1.54, 1.807) is 12.1 Å². The first-order valence-corrected chi connectivity index (χ1v) is 5.75. The predicted octanol–water partition coefficient (Wildman–Crippen LogP) is 0.575. The van der Waals surface area contributed by atoms with E-state index >= 15 is 0 Å². The molecule has 0 bridgehead atoms. The van der Waals surface area contributed by atoms with Crippen molar-refractivity contribution in [1.82, 2.24) is 0 Å². The van der Waals surface area contributed by atoms with E-state index in [0.29, 0.717) is 29.4 Å². The van der Waals surface area contributed by atoms with Crippen LogP contribution in [-0.2, 0) is 14.3 Å². The van der Waals surface area contributed by atoms with Crippen LogP contribution in [0.3, 0.4) is 0 Å². The number of rotatable bonds is 4. The molecule has 0 saturated heterocycles. The summed E-state index contributed by atoms with van der Waals surface area (Å²) in [5.74, 6) is 0.0393. The number of carbonyl (C=O) groups excluding carboxylic acids is 2. The number of methoxy groups -OCH3 is 1. The Balaban J connectivity index is 2.15. The third-order valence-electron chi connectivity index (χ3n) is 2.59. The van der Waals surface area contributed by atoms with Crippen LogP contribution in [0.5, 0.6) is 5.75 Å². The van der Waals surface area contributed by atoms with Gasteiger partial charge in [0.25, 0.3) is 5.91 Å². The van der Waals surface area contributed by atoms with Gasteiger partial charge in [0.05, 0.1) is 30.1 Å². The van der Waals surface area contributed by atoms with E-state index in [1.165, 1.54) is 7.11 Å². The zero-order chi connectivity index (χ0) is 13.8. The maximum absolute atomic E-state index is 11.6. The van der Waals surface area contributed by atoms with Gasteiger partial charge in [-0.25, -0.2) is 0 Å². The third kappa shape index (κ3) is 3.14. The van der Waals surface area contributed by atoms with Gasteiger partial charge in [-0.15, -0.1) is 0 Å². The van der Waals surface area contributed by atoms with Crippen molar-refractivity contribution in [2.24, 2.45) is 0 Å². The highest BCUT2D eigenvalue weighted by Crippen LogP contribution is 2.35. The Labute approximate surface area is 110 Å². The number of ether oxygens (including phenoxy) is 2. The molecule has 2 amide bonds. The molecule has 7 heteroatoms. The van der Waals surface area contributed by atoms with Crippen LogP contribution in [0.1, 0.15) is 6.42 Å². The molecule has 0 aromatic heterocycles. The van der Waals surface area contributed by atoms with E-state index in [9.17, 15) is 9.59 Å². The molecular formula is C12H15N3O4. The molecule has 0 spiro atoms. The smallest absolute Gasteiger partial charge is 0.262 e. The Kier molecular flexibility index (Phi) is 3.86. The number of hydrogen-bond donors (Lipinski definition) is 3. The number of fused-ring (bicyclic) bond motifs is 1. The summed E-state index contributed by atoms with van der Waals surface area (Å²) in [4.78, 5) is 22.8. The monoisotopic (exact) mass is 265 g/mol. The van der Waals surface area contributed by atoms with Crippen molar-refractivity contribution in [2.45, 2.75) is 6.42 Å².